The summed E-state index contributed by atoms with van der Waals surface area (Å²) >= 11 is 0. The van der Waals surface area contributed by atoms with E-state index in [0.717, 1.165) is 50.4 Å². The van der Waals surface area contributed by atoms with Gasteiger partial charge in [0.1, 0.15) is 5.58 Å². The fraction of sp³-hybridized carbons (Fsp3) is 0.0385. The van der Waals surface area contributed by atoms with E-state index in [1.165, 1.54) is 60.6 Å². The maximum atomic E-state index is 6.59. The molecule has 1 aliphatic carbocycles. The third-order valence-corrected chi connectivity index (χ3v) is 11.4. The lowest BCUT2D eigenvalue weighted by Crippen LogP contribution is -2.11. The summed E-state index contributed by atoms with van der Waals surface area (Å²) < 4.78 is 6.59. The Balaban J connectivity index is 1.03. The molecule has 0 aliphatic heterocycles. The summed E-state index contributed by atoms with van der Waals surface area (Å²) in [5.41, 5.74) is 16.2. The van der Waals surface area contributed by atoms with Crippen LogP contribution in [0.15, 0.2) is 186 Å². The fourth-order valence-electron chi connectivity index (χ4n) is 8.63. The minimum Gasteiger partial charge on any atom is -0.454 e. The topological polar surface area (TPSA) is 19.6 Å². The number of hydrogen-bond donors (Lipinski definition) is 0. The van der Waals surface area contributed by atoms with Crippen molar-refractivity contribution in [2.24, 2.45) is 0 Å². The Kier molecular flexibility index (Phi) is 6.99. The van der Waals surface area contributed by atoms with Crippen LogP contribution in [0.4, 0.5) is 34.1 Å². The zero-order chi connectivity index (χ0) is 36.6. The third-order valence-electron chi connectivity index (χ3n) is 11.4. The van der Waals surface area contributed by atoms with Crippen molar-refractivity contribution < 1.29 is 4.42 Å². The molecule has 0 amide bonds. The van der Waals surface area contributed by atoms with Crippen LogP contribution in [-0.4, -0.2) is 0 Å². The van der Waals surface area contributed by atoms with Gasteiger partial charge in [-0.15, -0.1) is 0 Å². The fourth-order valence-corrected chi connectivity index (χ4v) is 8.63. The van der Waals surface area contributed by atoms with Crippen LogP contribution in [-0.2, 0) is 0 Å². The molecule has 3 nitrogen and oxygen atoms in total. The largest absolute Gasteiger partial charge is 0.454 e. The monoisotopic (exact) mass is 704 g/mol. The first-order chi connectivity index (χ1) is 27.1. The van der Waals surface area contributed by atoms with Crippen LogP contribution in [0, 0.1) is 13.8 Å². The molecule has 260 valence electrons. The number of anilines is 6. The number of hydrogen-bond acceptors (Lipinski definition) is 3. The summed E-state index contributed by atoms with van der Waals surface area (Å²) in [7, 11) is 0. The summed E-state index contributed by atoms with van der Waals surface area (Å²) in [4.78, 5) is 4.72. The number of nitrogens with zero attached hydrogens (tertiary/aromatic N) is 2. The van der Waals surface area contributed by atoms with E-state index in [-0.39, 0.29) is 0 Å². The number of rotatable bonds is 6. The van der Waals surface area contributed by atoms with Crippen molar-refractivity contribution in [1.29, 1.82) is 0 Å². The second-order valence-corrected chi connectivity index (χ2v) is 14.7. The molecule has 9 aromatic carbocycles. The minimum absolute atomic E-state index is 0.887. The Bertz CT molecular complexity index is 3140. The van der Waals surface area contributed by atoms with E-state index < -0.39 is 0 Å². The molecule has 0 radical (unpaired) electrons. The number of fused-ring (bicyclic) bond motifs is 9. The van der Waals surface area contributed by atoms with E-state index in [0.29, 0.717) is 0 Å². The number of para-hydroxylation sites is 5. The van der Waals surface area contributed by atoms with E-state index >= 15 is 0 Å². The van der Waals surface area contributed by atoms with E-state index in [1.54, 1.807) is 0 Å². The first-order valence-electron chi connectivity index (χ1n) is 18.9. The van der Waals surface area contributed by atoms with Crippen LogP contribution in [0.2, 0.25) is 0 Å². The van der Waals surface area contributed by atoms with Gasteiger partial charge in [-0.3, -0.25) is 0 Å². The number of furan rings is 1. The smallest absolute Gasteiger partial charge is 0.159 e. The maximum absolute atomic E-state index is 6.59. The maximum Gasteiger partial charge on any atom is 0.159 e. The highest BCUT2D eigenvalue weighted by Gasteiger charge is 2.26. The van der Waals surface area contributed by atoms with Crippen molar-refractivity contribution >= 4 is 77.6 Å². The summed E-state index contributed by atoms with van der Waals surface area (Å²) in [6.07, 6.45) is 0. The van der Waals surface area contributed by atoms with E-state index in [9.17, 15) is 0 Å². The Hall–Kier alpha value is -7.10. The van der Waals surface area contributed by atoms with E-state index in [1.807, 2.05) is 6.07 Å². The van der Waals surface area contributed by atoms with Crippen molar-refractivity contribution in [1.82, 2.24) is 0 Å². The molecule has 1 heterocycles. The van der Waals surface area contributed by atoms with Gasteiger partial charge in [0, 0.05) is 39.2 Å². The van der Waals surface area contributed by atoms with Crippen LogP contribution < -0.4 is 9.80 Å². The lowest BCUT2D eigenvalue weighted by molar-refractivity contribution is 0.669. The Morgan fingerprint density at radius 2 is 0.836 bits per heavy atom. The zero-order valence-corrected chi connectivity index (χ0v) is 30.6. The van der Waals surface area contributed by atoms with Crippen LogP contribution in [0.1, 0.15) is 11.1 Å². The Morgan fingerprint density at radius 3 is 1.47 bits per heavy atom. The lowest BCUT2D eigenvalue weighted by atomic mass is 9.78. The van der Waals surface area contributed by atoms with E-state index in [4.69, 9.17) is 4.42 Å². The van der Waals surface area contributed by atoms with Crippen LogP contribution >= 0.6 is 0 Å². The highest BCUT2D eigenvalue weighted by molar-refractivity contribution is 6.13. The second-order valence-electron chi connectivity index (χ2n) is 14.7. The molecule has 0 saturated heterocycles. The van der Waals surface area contributed by atoms with Crippen LogP contribution in [0.3, 0.4) is 0 Å². The quantitative estimate of drug-likeness (QED) is 0.172. The molecule has 0 atom stereocenters. The summed E-state index contributed by atoms with van der Waals surface area (Å²) in [5, 5.41) is 7.16. The van der Waals surface area contributed by atoms with Gasteiger partial charge in [-0.05, 0) is 154 Å². The highest BCUT2D eigenvalue weighted by Crippen LogP contribution is 2.52. The number of aryl methyl sites for hydroxylation is 2. The molecule has 0 N–H and O–H groups in total. The molecule has 0 fully saturated rings. The molecule has 0 bridgehead atoms. The Morgan fingerprint density at radius 1 is 0.345 bits per heavy atom. The van der Waals surface area contributed by atoms with Gasteiger partial charge in [-0.25, -0.2) is 0 Å². The molecule has 1 aromatic heterocycles. The third kappa shape index (κ3) is 4.97. The van der Waals surface area contributed by atoms with Crippen LogP contribution in [0.25, 0.3) is 65.7 Å². The molecular formula is C52H36N2O. The van der Waals surface area contributed by atoms with Gasteiger partial charge in [0.05, 0.1) is 5.69 Å². The van der Waals surface area contributed by atoms with Gasteiger partial charge < -0.3 is 14.2 Å². The van der Waals surface area contributed by atoms with Crippen molar-refractivity contribution in [3.63, 3.8) is 0 Å². The van der Waals surface area contributed by atoms with Gasteiger partial charge in [-0.2, -0.15) is 0 Å². The first kappa shape index (κ1) is 31.4. The van der Waals surface area contributed by atoms with Crippen LogP contribution in [0.5, 0.6) is 0 Å². The van der Waals surface area contributed by atoms with Gasteiger partial charge in [0.2, 0.25) is 0 Å². The number of benzene rings is 9. The molecule has 0 saturated carbocycles. The average molecular weight is 705 g/mol. The first-order valence-corrected chi connectivity index (χ1v) is 18.9. The van der Waals surface area contributed by atoms with E-state index in [2.05, 4.69) is 200 Å². The molecule has 0 spiro atoms. The lowest BCUT2D eigenvalue weighted by Gasteiger charge is -2.29. The van der Waals surface area contributed by atoms with Crippen molar-refractivity contribution in [2.75, 3.05) is 9.80 Å². The predicted octanol–water partition coefficient (Wildman–Crippen LogP) is 15.1. The zero-order valence-electron chi connectivity index (χ0n) is 30.6. The van der Waals surface area contributed by atoms with Gasteiger partial charge in [0.25, 0.3) is 0 Å². The molecule has 11 rings (SSSR count). The highest BCUT2D eigenvalue weighted by atomic mass is 16.3. The SMILES string of the molecule is Cc1ccccc1N(c1ccccc1)c1ccc2cc3c(cc2c1)-c1cc2cc(N(c4ccccc4C)c4cccc5c4oc4ccccc45)ccc2cc1-3. The minimum atomic E-state index is 0.887. The molecule has 55 heavy (non-hydrogen) atoms. The molecule has 1 aliphatic rings. The van der Waals surface area contributed by atoms with Crippen molar-refractivity contribution in [2.45, 2.75) is 13.8 Å². The Labute approximate surface area is 319 Å². The standard InChI is InChI=1S/C52H36N2O/c1-33-13-6-9-19-48(33)53(39-15-4-3-5-16-39)40-25-23-35-29-44-45-30-36-24-26-41(28-38(36)32-47(45)46(44)31-37(35)27-40)54(49-20-10-7-14-34(49)2)50-21-12-18-43-42-17-8-11-22-51(42)55-52(43)50/h3-32H,1-2H3. The van der Waals surface area contributed by atoms with Gasteiger partial charge in [-0.1, -0.05) is 97.1 Å². The molecule has 3 heteroatoms. The molecule has 10 aromatic rings. The summed E-state index contributed by atoms with van der Waals surface area (Å²) in [5.74, 6) is 0. The normalized spacial score (nSPS) is 11.8. The van der Waals surface area contributed by atoms with Crippen molar-refractivity contribution in [3.8, 4) is 22.3 Å². The summed E-state index contributed by atoms with van der Waals surface area (Å²) in [6.45, 7) is 4.36. The summed E-state index contributed by atoms with van der Waals surface area (Å²) in [6, 6.07) is 65.8. The van der Waals surface area contributed by atoms with Crippen molar-refractivity contribution in [3.05, 3.63) is 193 Å². The van der Waals surface area contributed by atoms with Gasteiger partial charge >= 0.3 is 0 Å². The molecule has 0 unspecified atom stereocenters. The average Bonchev–Trinajstić information content (AvgIpc) is 3.61. The predicted molar refractivity (Wildman–Crippen MR) is 232 cm³/mol. The second kappa shape index (κ2) is 12.2. The van der Waals surface area contributed by atoms with Gasteiger partial charge in [0.15, 0.2) is 5.58 Å². The molecular weight excluding hydrogens is 669 g/mol.